The normalized spacial score (nSPS) is 18.9. The van der Waals surface area contributed by atoms with Gasteiger partial charge in [-0.15, -0.1) is 0 Å². The molecule has 0 radical (unpaired) electrons. The molecule has 1 atom stereocenters. The summed E-state index contributed by atoms with van der Waals surface area (Å²) in [6.07, 6.45) is 6.13. The Bertz CT molecular complexity index is 381. The molecule has 0 N–H and O–H groups in total. The average molecular weight is 244 g/mol. The van der Waals surface area contributed by atoms with Gasteiger partial charge in [0.25, 0.3) is 0 Å². The Balaban J connectivity index is 1.92. The van der Waals surface area contributed by atoms with Gasteiger partial charge in [-0.3, -0.25) is 4.79 Å². The molecule has 0 spiro atoms. The minimum absolute atomic E-state index is 0.457. The van der Waals surface area contributed by atoms with Crippen LogP contribution in [0.1, 0.15) is 63.0 Å². The molecule has 0 amide bonds. The van der Waals surface area contributed by atoms with Crippen molar-refractivity contribution in [2.45, 2.75) is 58.3 Å². The van der Waals surface area contributed by atoms with Gasteiger partial charge in [-0.1, -0.05) is 38.1 Å². The molecule has 0 heterocycles. The molecule has 1 fully saturated rings. The van der Waals surface area contributed by atoms with Gasteiger partial charge in [0.05, 0.1) is 0 Å². The van der Waals surface area contributed by atoms with E-state index >= 15 is 0 Å². The molecule has 0 aromatic heterocycles. The first kappa shape index (κ1) is 13.3. The fourth-order valence-electron chi connectivity index (χ4n) is 2.75. The van der Waals surface area contributed by atoms with Crippen LogP contribution >= 0.6 is 0 Å². The van der Waals surface area contributed by atoms with Crippen molar-refractivity contribution in [3.05, 3.63) is 35.4 Å². The van der Waals surface area contributed by atoms with Crippen molar-refractivity contribution in [2.75, 3.05) is 0 Å². The maximum Gasteiger partial charge on any atom is 0.132 e. The van der Waals surface area contributed by atoms with Crippen LogP contribution in [0.3, 0.4) is 0 Å². The van der Waals surface area contributed by atoms with Crippen LogP contribution in [0.2, 0.25) is 0 Å². The van der Waals surface area contributed by atoms with E-state index in [4.69, 9.17) is 0 Å². The molecule has 1 heteroatoms. The Kier molecular flexibility index (Phi) is 4.57. The topological polar surface area (TPSA) is 17.1 Å². The smallest absolute Gasteiger partial charge is 0.132 e. The Morgan fingerprint density at radius 1 is 1.17 bits per heavy atom. The summed E-state index contributed by atoms with van der Waals surface area (Å²) in [6.45, 7) is 4.51. The molecule has 1 aliphatic carbocycles. The third-order valence-corrected chi connectivity index (χ3v) is 4.35. The highest BCUT2D eigenvalue weighted by Gasteiger charge is 2.18. The lowest BCUT2D eigenvalue weighted by Crippen LogP contribution is -2.15. The number of carbonyl (C=O) groups excluding carboxylic acids is 1. The van der Waals surface area contributed by atoms with Crippen molar-refractivity contribution < 1.29 is 4.79 Å². The first-order chi connectivity index (χ1) is 8.69. The highest BCUT2D eigenvalue weighted by molar-refractivity contribution is 5.79. The van der Waals surface area contributed by atoms with E-state index < -0.39 is 0 Å². The SMILES string of the molecule is CCC(C)c1ccc(CC2CCC(=O)CC2)cc1. The van der Waals surface area contributed by atoms with Crippen molar-refractivity contribution in [1.29, 1.82) is 0 Å². The molecule has 0 bridgehead atoms. The fraction of sp³-hybridized carbons (Fsp3) is 0.588. The lowest BCUT2D eigenvalue weighted by atomic mass is 9.84. The van der Waals surface area contributed by atoms with E-state index in [1.165, 1.54) is 17.5 Å². The summed E-state index contributed by atoms with van der Waals surface area (Å²) in [5.41, 5.74) is 2.88. The maximum absolute atomic E-state index is 11.2. The molecule has 0 saturated heterocycles. The zero-order chi connectivity index (χ0) is 13.0. The number of benzene rings is 1. The van der Waals surface area contributed by atoms with Crippen LogP contribution < -0.4 is 0 Å². The summed E-state index contributed by atoms with van der Waals surface area (Å²) >= 11 is 0. The Morgan fingerprint density at radius 3 is 2.33 bits per heavy atom. The first-order valence-electron chi connectivity index (χ1n) is 7.29. The van der Waals surface area contributed by atoms with E-state index in [0.29, 0.717) is 11.7 Å². The van der Waals surface area contributed by atoms with Crippen LogP contribution in [-0.4, -0.2) is 5.78 Å². The predicted octanol–water partition coefficient (Wildman–Crippen LogP) is 4.50. The Labute approximate surface area is 111 Å². The molecule has 1 saturated carbocycles. The van der Waals surface area contributed by atoms with Gasteiger partial charge in [-0.2, -0.15) is 0 Å². The average Bonchev–Trinajstić information content (AvgIpc) is 2.41. The molecule has 1 unspecified atom stereocenters. The van der Waals surface area contributed by atoms with Crippen LogP contribution in [0.15, 0.2) is 24.3 Å². The van der Waals surface area contributed by atoms with Crippen molar-refractivity contribution in [1.82, 2.24) is 0 Å². The summed E-state index contributed by atoms with van der Waals surface area (Å²) in [5, 5.41) is 0. The summed E-state index contributed by atoms with van der Waals surface area (Å²) in [7, 11) is 0. The number of hydrogen-bond acceptors (Lipinski definition) is 1. The van der Waals surface area contributed by atoms with Crippen LogP contribution in [0.25, 0.3) is 0 Å². The van der Waals surface area contributed by atoms with E-state index in [2.05, 4.69) is 38.1 Å². The Morgan fingerprint density at radius 2 is 1.78 bits per heavy atom. The van der Waals surface area contributed by atoms with Crippen LogP contribution in [0.4, 0.5) is 0 Å². The highest BCUT2D eigenvalue weighted by Crippen LogP contribution is 2.26. The third kappa shape index (κ3) is 3.44. The molecule has 98 valence electrons. The van der Waals surface area contributed by atoms with E-state index in [-0.39, 0.29) is 0 Å². The lowest BCUT2D eigenvalue weighted by molar-refractivity contribution is -0.120. The molecule has 2 rings (SSSR count). The molecule has 0 aliphatic heterocycles. The minimum Gasteiger partial charge on any atom is -0.300 e. The monoisotopic (exact) mass is 244 g/mol. The molecule has 18 heavy (non-hydrogen) atoms. The molecular weight excluding hydrogens is 220 g/mol. The zero-order valence-corrected chi connectivity index (χ0v) is 11.6. The van der Waals surface area contributed by atoms with Crippen LogP contribution in [-0.2, 0) is 11.2 Å². The largest absolute Gasteiger partial charge is 0.300 e. The third-order valence-electron chi connectivity index (χ3n) is 4.35. The second kappa shape index (κ2) is 6.17. The molecular formula is C17H24O. The summed E-state index contributed by atoms with van der Waals surface area (Å²) < 4.78 is 0. The van der Waals surface area contributed by atoms with Gasteiger partial charge in [-0.25, -0.2) is 0 Å². The highest BCUT2D eigenvalue weighted by atomic mass is 16.1. The number of rotatable bonds is 4. The van der Waals surface area contributed by atoms with Gasteiger partial charge in [0, 0.05) is 12.8 Å². The van der Waals surface area contributed by atoms with Crippen LogP contribution in [0, 0.1) is 5.92 Å². The first-order valence-corrected chi connectivity index (χ1v) is 7.29. The van der Waals surface area contributed by atoms with Gasteiger partial charge >= 0.3 is 0 Å². The van der Waals surface area contributed by atoms with Crippen molar-refractivity contribution in [3.63, 3.8) is 0 Å². The number of hydrogen-bond donors (Lipinski definition) is 0. The minimum atomic E-state index is 0.457. The second-order valence-corrected chi connectivity index (χ2v) is 5.74. The van der Waals surface area contributed by atoms with Crippen molar-refractivity contribution in [3.8, 4) is 0 Å². The fourth-order valence-corrected chi connectivity index (χ4v) is 2.75. The van der Waals surface area contributed by atoms with E-state index in [9.17, 15) is 4.79 Å². The number of ketones is 1. The molecule has 1 aliphatic rings. The van der Waals surface area contributed by atoms with Gasteiger partial charge in [0.1, 0.15) is 5.78 Å². The van der Waals surface area contributed by atoms with Gasteiger partial charge in [-0.05, 0) is 48.6 Å². The number of carbonyl (C=O) groups is 1. The maximum atomic E-state index is 11.2. The standard InChI is InChI=1S/C17H24O/c1-3-13(2)16-8-4-14(5-9-16)12-15-6-10-17(18)11-7-15/h4-5,8-9,13,15H,3,6-7,10-12H2,1-2H3. The Hall–Kier alpha value is -1.11. The lowest BCUT2D eigenvalue weighted by Gasteiger charge is -2.21. The zero-order valence-electron chi connectivity index (χ0n) is 11.6. The van der Waals surface area contributed by atoms with Gasteiger partial charge in [0.15, 0.2) is 0 Å². The van der Waals surface area contributed by atoms with E-state index in [0.717, 1.165) is 38.0 Å². The van der Waals surface area contributed by atoms with Crippen molar-refractivity contribution >= 4 is 5.78 Å². The van der Waals surface area contributed by atoms with Gasteiger partial charge in [0.2, 0.25) is 0 Å². The molecule has 1 aromatic carbocycles. The van der Waals surface area contributed by atoms with Crippen LogP contribution in [0.5, 0.6) is 0 Å². The summed E-state index contributed by atoms with van der Waals surface area (Å²) in [6, 6.07) is 9.10. The predicted molar refractivity (Wildman–Crippen MR) is 75.8 cm³/mol. The van der Waals surface area contributed by atoms with Gasteiger partial charge < -0.3 is 0 Å². The summed E-state index contributed by atoms with van der Waals surface area (Å²) in [4.78, 5) is 11.2. The molecule has 1 nitrogen and oxygen atoms in total. The van der Waals surface area contributed by atoms with E-state index in [1.807, 2.05) is 0 Å². The van der Waals surface area contributed by atoms with Crippen molar-refractivity contribution in [2.24, 2.45) is 5.92 Å². The second-order valence-electron chi connectivity index (χ2n) is 5.74. The summed E-state index contributed by atoms with van der Waals surface area (Å²) in [5.74, 6) is 1.84. The molecule has 1 aromatic rings. The number of Topliss-reactive ketones (excluding diaryl/α,β-unsaturated/α-hetero) is 1. The van der Waals surface area contributed by atoms with E-state index in [1.54, 1.807) is 0 Å². The quantitative estimate of drug-likeness (QED) is 0.762.